The number of nitrogens with zero attached hydrogens (tertiary/aromatic N) is 2. The van der Waals surface area contributed by atoms with Crippen molar-refractivity contribution in [2.45, 2.75) is 25.7 Å². The van der Waals surface area contributed by atoms with E-state index in [2.05, 4.69) is 20.0 Å². The van der Waals surface area contributed by atoms with Gasteiger partial charge in [0.25, 0.3) is 15.9 Å². The van der Waals surface area contributed by atoms with Crippen molar-refractivity contribution in [3.8, 4) is 22.9 Å². The van der Waals surface area contributed by atoms with Gasteiger partial charge in [0.15, 0.2) is 0 Å². The molecule has 1 amide bonds. The molecular formula is C26H22N4O4S. The van der Waals surface area contributed by atoms with Crippen molar-refractivity contribution in [2.24, 2.45) is 0 Å². The van der Waals surface area contributed by atoms with Gasteiger partial charge >= 0.3 is 0 Å². The lowest BCUT2D eigenvalue weighted by Gasteiger charge is -2.16. The lowest BCUT2D eigenvalue weighted by molar-refractivity contribution is 0.102. The van der Waals surface area contributed by atoms with Gasteiger partial charge in [-0.25, -0.2) is 18.1 Å². The van der Waals surface area contributed by atoms with Crippen LogP contribution in [0.5, 0.6) is 11.6 Å². The highest BCUT2D eigenvalue weighted by atomic mass is 32.2. The van der Waals surface area contributed by atoms with E-state index in [1.807, 2.05) is 32.0 Å². The van der Waals surface area contributed by atoms with Gasteiger partial charge in [0, 0.05) is 28.4 Å². The molecule has 0 atom stereocenters. The number of anilines is 2. The Bertz CT molecular complexity index is 1580. The average Bonchev–Trinajstić information content (AvgIpc) is 2.79. The van der Waals surface area contributed by atoms with Gasteiger partial charge in [-0.05, 0) is 62.2 Å². The molecule has 1 aromatic heterocycles. The zero-order chi connectivity index (χ0) is 24.7. The molecule has 9 heteroatoms. The van der Waals surface area contributed by atoms with Crippen molar-refractivity contribution in [3.63, 3.8) is 0 Å². The summed E-state index contributed by atoms with van der Waals surface area (Å²) in [5.74, 6) is 0.0535. The average molecular weight is 487 g/mol. The zero-order valence-corrected chi connectivity index (χ0v) is 20.1. The summed E-state index contributed by atoms with van der Waals surface area (Å²) >= 11 is 0. The van der Waals surface area contributed by atoms with Gasteiger partial charge in [-0.15, -0.1) is 0 Å². The van der Waals surface area contributed by atoms with Crippen LogP contribution in [0.25, 0.3) is 11.3 Å². The molecule has 0 aliphatic carbocycles. The normalized spacial score (nSPS) is 14.2. The van der Waals surface area contributed by atoms with Gasteiger partial charge in [0.1, 0.15) is 5.75 Å². The van der Waals surface area contributed by atoms with Crippen LogP contribution in [0, 0.1) is 20.8 Å². The maximum Gasteiger partial charge on any atom is 0.264 e. The molecule has 0 unspecified atom stereocenters. The number of aryl methyl sites for hydroxylation is 2. The highest BCUT2D eigenvalue weighted by Crippen LogP contribution is 2.33. The molecule has 0 fully saturated rings. The van der Waals surface area contributed by atoms with Crippen LogP contribution in [0.1, 0.15) is 27.0 Å². The lowest BCUT2D eigenvalue weighted by atomic mass is 10.00. The largest absolute Gasteiger partial charge is 0.439 e. The molecule has 8 nitrogen and oxygen atoms in total. The van der Waals surface area contributed by atoms with Crippen molar-refractivity contribution in [2.75, 3.05) is 10.0 Å². The maximum atomic E-state index is 13.2. The van der Waals surface area contributed by atoms with Crippen LogP contribution in [0.15, 0.2) is 71.6 Å². The molecule has 2 heterocycles. The molecule has 0 radical (unpaired) electrons. The van der Waals surface area contributed by atoms with Crippen LogP contribution in [0.4, 0.5) is 11.6 Å². The summed E-state index contributed by atoms with van der Waals surface area (Å²) in [6, 6.07) is 18.6. The molecule has 6 bridgehead atoms. The van der Waals surface area contributed by atoms with E-state index in [0.717, 1.165) is 16.7 Å². The minimum absolute atomic E-state index is 0.0404. The number of hydrogen-bond donors (Lipinski definition) is 2. The summed E-state index contributed by atoms with van der Waals surface area (Å²) in [5, 5.41) is 2.76. The first kappa shape index (κ1) is 22.5. The summed E-state index contributed by atoms with van der Waals surface area (Å²) in [7, 11) is -4.06. The predicted octanol–water partition coefficient (Wildman–Crippen LogP) is 5.23. The van der Waals surface area contributed by atoms with Crippen LogP contribution in [-0.2, 0) is 10.0 Å². The molecule has 5 rings (SSSR count). The number of sulfonamides is 1. The fourth-order valence-corrected chi connectivity index (χ4v) is 5.06. The number of amides is 1. The Labute approximate surface area is 203 Å². The number of hydrogen-bond acceptors (Lipinski definition) is 6. The molecule has 0 saturated heterocycles. The first-order valence-corrected chi connectivity index (χ1v) is 12.4. The summed E-state index contributed by atoms with van der Waals surface area (Å²) in [5.41, 5.74) is 4.67. The third-order valence-corrected chi connectivity index (χ3v) is 7.14. The van der Waals surface area contributed by atoms with E-state index in [0.29, 0.717) is 28.3 Å². The second-order valence-corrected chi connectivity index (χ2v) is 9.98. The highest BCUT2D eigenvalue weighted by molar-refractivity contribution is 7.92. The van der Waals surface area contributed by atoms with Gasteiger partial charge < -0.3 is 10.1 Å². The van der Waals surface area contributed by atoms with E-state index in [-0.39, 0.29) is 22.6 Å². The van der Waals surface area contributed by atoms with Crippen molar-refractivity contribution < 1.29 is 17.9 Å². The quantitative estimate of drug-likeness (QED) is 0.381. The van der Waals surface area contributed by atoms with Crippen LogP contribution in [0.3, 0.4) is 0 Å². The van der Waals surface area contributed by atoms with Crippen molar-refractivity contribution >= 4 is 27.6 Å². The predicted molar refractivity (Wildman–Crippen MR) is 133 cm³/mol. The second kappa shape index (κ2) is 8.52. The van der Waals surface area contributed by atoms with E-state index in [1.54, 1.807) is 43.3 Å². The van der Waals surface area contributed by atoms with Crippen LogP contribution < -0.4 is 14.8 Å². The van der Waals surface area contributed by atoms with Gasteiger partial charge in [-0.1, -0.05) is 30.3 Å². The number of ether oxygens (including phenoxy) is 1. The molecule has 35 heavy (non-hydrogen) atoms. The Morgan fingerprint density at radius 3 is 2.34 bits per heavy atom. The Hall–Kier alpha value is -4.24. The number of carbonyl (C=O) groups excluding carboxylic acids is 1. The molecule has 4 aromatic rings. The Kier molecular flexibility index (Phi) is 5.49. The Balaban J connectivity index is 1.75. The van der Waals surface area contributed by atoms with Crippen molar-refractivity contribution in [3.05, 3.63) is 89.0 Å². The molecule has 0 saturated carbocycles. The molecule has 2 N–H and O–H groups in total. The lowest BCUT2D eigenvalue weighted by Crippen LogP contribution is -2.18. The summed E-state index contributed by atoms with van der Waals surface area (Å²) < 4.78 is 34.9. The van der Waals surface area contributed by atoms with Crippen LogP contribution in [0.2, 0.25) is 0 Å². The summed E-state index contributed by atoms with van der Waals surface area (Å²) in [4.78, 5) is 21.8. The number of benzene rings is 3. The van der Waals surface area contributed by atoms with Gasteiger partial charge in [0.2, 0.25) is 11.8 Å². The number of rotatable bonds is 1. The number of nitrogens with one attached hydrogen (secondary N) is 2. The Morgan fingerprint density at radius 2 is 1.57 bits per heavy atom. The minimum atomic E-state index is -4.06. The third-order valence-electron chi connectivity index (χ3n) is 5.81. The Morgan fingerprint density at radius 1 is 0.857 bits per heavy atom. The fraction of sp³-hybridized carbons (Fsp3) is 0.115. The van der Waals surface area contributed by atoms with E-state index in [9.17, 15) is 13.2 Å². The monoisotopic (exact) mass is 486 g/mol. The first-order chi connectivity index (χ1) is 16.7. The highest BCUT2D eigenvalue weighted by Gasteiger charge is 2.21. The number of fused-ring (bicyclic) bond motifs is 6. The van der Waals surface area contributed by atoms with Gasteiger partial charge in [0.05, 0.1) is 10.6 Å². The van der Waals surface area contributed by atoms with E-state index < -0.39 is 10.0 Å². The van der Waals surface area contributed by atoms with Crippen LogP contribution in [-0.4, -0.2) is 24.3 Å². The number of carbonyl (C=O) groups is 1. The van der Waals surface area contributed by atoms with Gasteiger partial charge in [-0.2, -0.15) is 4.98 Å². The SMILES string of the molecule is Cc1cccc(C)c1-c1cc2nc(n1)NS(=O)(=O)c1cccc(c1)NC(=O)c1cccc(c1C)O2. The van der Waals surface area contributed by atoms with Gasteiger partial charge in [-0.3, -0.25) is 4.79 Å². The standard InChI is InChI=1S/C26H22N4O4S/c1-15-7-4-8-16(2)24(15)21-14-23-29-26(28-21)30-35(32,33)19-10-5-9-18(13-19)27-25(31)20-11-6-12-22(34-23)17(20)3/h4-14H,1-3H3,(H,27,31)(H,28,29,30). The van der Waals surface area contributed by atoms with Crippen molar-refractivity contribution in [1.29, 1.82) is 0 Å². The molecule has 176 valence electrons. The molecular weight excluding hydrogens is 464 g/mol. The molecule has 1 aliphatic rings. The molecule has 1 aliphatic heterocycles. The minimum Gasteiger partial charge on any atom is -0.439 e. The molecule has 3 aromatic carbocycles. The maximum absolute atomic E-state index is 13.2. The van der Waals surface area contributed by atoms with E-state index in [4.69, 9.17) is 4.74 Å². The second-order valence-electron chi connectivity index (χ2n) is 8.30. The fourth-order valence-electron chi connectivity index (χ4n) is 4.07. The van der Waals surface area contributed by atoms with E-state index in [1.165, 1.54) is 12.1 Å². The summed E-state index contributed by atoms with van der Waals surface area (Å²) in [6.45, 7) is 5.70. The third kappa shape index (κ3) is 4.33. The smallest absolute Gasteiger partial charge is 0.264 e. The van der Waals surface area contributed by atoms with E-state index >= 15 is 0 Å². The number of aromatic nitrogens is 2. The summed E-state index contributed by atoms with van der Waals surface area (Å²) in [6.07, 6.45) is 0. The molecule has 0 spiro atoms. The first-order valence-electron chi connectivity index (χ1n) is 10.9. The van der Waals surface area contributed by atoms with Crippen LogP contribution >= 0.6 is 0 Å². The topological polar surface area (TPSA) is 110 Å². The van der Waals surface area contributed by atoms with Crippen molar-refractivity contribution in [1.82, 2.24) is 9.97 Å². The zero-order valence-electron chi connectivity index (χ0n) is 19.3.